The number of aliphatic carboxylic acids is 1. The highest BCUT2D eigenvalue weighted by Crippen LogP contribution is 2.44. The molecule has 0 heterocycles. The summed E-state index contributed by atoms with van der Waals surface area (Å²) in [5.41, 5.74) is 3.68. The monoisotopic (exact) mass is 448 g/mol. The van der Waals surface area contributed by atoms with Gasteiger partial charge in [-0.1, -0.05) is 48.5 Å². The zero-order chi connectivity index (χ0) is 23.0. The zero-order valence-electron chi connectivity index (χ0n) is 18.4. The molecule has 2 aromatic rings. The largest absolute Gasteiger partial charge is 0.480 e. The number of rotatable bonds is 7. The molecule has 2 amide bonds. The van der Waals surface area contributed by atoms with E-state index in [1.807, 2.05) is 24.3 Å². The molecule has 33 heavy (non-hydrogen) atoms. The molecule has 2 aromatic carbocycles. The zero-order valence-corrected chi connectivity index (χ0v) is 18.4. The summed E-state index contributed by atoms with van der Waals surface area (Å²) in [6.45, 7) is 0.273. The lowest BCUT2D eigenvalue weighted by Crippen LogP contribution is -2.43. The van der Waals surface area contributed by atoms with Crippen LogP contribution in [-0.4, -0.2) is 41.3 Å². The van der Waals surface area contributed by atoms with Crippen LogP contribution in [0.15, 0.2) is 48.5 Å². The molecule has 3 aliphatic carbocycles. The molecule has 2 unspecified atom stereocenters. The van der Waals surface area contributed by atoms with Gasteiger partial charge >= 0.3 is 12.1 Å². The van der Waals surface area contributed by atoms with Gasteiger partial charge in [-0.05, 0) is 60.3 Å². The number of amides is 2. The van der Waals surface area contributed by atoms with E-state index in [2.05, 4.69) is 34.9 Å². The number of ether oxygens (including phenoxy) is 1. The predicted molar refractivity (Wildman–Crippen MR) is 122 cm³/mol. The Kier molecular flexibility index (Phi) is 5.56. The summed E-state index contributed by atoms with van der Waals surface area (Å²) in [6.07, 6.45) is 3.13. The van der Waals surface area contributed by atoms with Gasteiger partial charge in [-0.3, -0.25) is 4.79 Å². The van der Waals surface area contributed by atoms with E-state index in [-0.39, 0.29) is 36.8 Å². The van der Waals surface area contributed by atoms with Crippen LogP contribution in [0.1, 0.15) is 55.6 Å². The first-order valence-electron chi connectivity index (χ1n) is 11.6. The maximum atomic E-state index is 12.5. The third-order valence-electron chi connectivity index (χ3n) is 7.22. The van der Waals surface area contributed by atoms with Crippen molar-refractivity contribution in [3.05, 3.63) is 59.7 Å². The van der Waals surface area contributed by atoms with E-state index in [0.717, 1.165) is 12.8 Å². The maximum absolute atomic E-state index is 12.5. The molecule has 2 atom stereocenters. The number of carbonyl (C=O) groups is 3. The first-order chi connectivity index (χ1) is 15.9. The number of carboxylic acids is 1. The number of carboxylic acid groups (broad SMARTS) is 1. The molecule has 2 saturated carbocycles. The molecule has 172 valence electrons. The number of alkyl carbamates (subject to hydrolysis) is 1. The van der Waals surface area contributed by atoms with Crippen LogP contribution >= 0.6 is 0 Å². The van der Waals surface area contributed by atoms with Crippen molar-refractivity contribution >= 4 is 18.0 Å². The fraction of sp³-hybridized carbons (Fsp3) is 0.423. The highest BCUT2D eigenvalue weighted by atomic mass is 16.5. The van der Waals surface area contributed by atoms with E-state index >= 15 is 0 Å². The fourth-order valence-corrected chi connectivity index (χ4v) is 5.30. The summed E-state index contributed by atoms with van der Waals surface area (Å²) >= 11 is 0. The molecule has 5 rings (SSSR count). The quantitative estimate of drug-likeness (QED) is 0.597. The number of benzene rings is 2. The highest BCUT2D eigenvalue weighted by Gasteiger charge is 2.51. The minimum absolute atomic E-state index is 0.0205. The van der Waals surface area contributed by atoms with Gasteiger partial charge in [0.1, 0.15) is 12.1 Å². The van der Waals surface area contributed by atoms with Gasteiger partial charge in [-0.15, -0.1) is 0 Å². The topological polar surface area (TPSA) is 105 Å². The SMILES string of the molecule is O=C(CC1CCC(NC(=O)OCC2c3ccccc3-c3ccccc32)C1)NC1(C(=O)O)CC1. The molecule has 0 spiro atoms. The number of carbonyl (C=O) groups excluding carboxylic acids is 2. The predicted octanol–water partition coefficient (Wildman–Crippen LogP) is 3.82. The third-order valence-corrected chi connectivity index (χ3v) is 7.22. The molecule has 0 bridgehead atoms. The first kappa shape index (κ1) is 21.5. The number of nitrogens with one attached hydrogen (secondary N) is 2. The van der Waals surface area contributed by atoms with Crippen molar-refractivity contribution in [3.8, 4) is 11.1 Å². The second-order valence-electron chi connectivity index (χ2n) is 9.49. The van der Waals surface area contributed by atoms with Crippen LogP contribution in [0, 0.1) is 5.92 Å². The van der Waals surface area contributed by atoms with E-state index in [1.54, 1.807) is 0 Å². The molecule has 3 N–H and O–H groups in total. The Balaban J connectivity index is 1.11. The summed E-state index contributed by atoms with van der Waals surface area (Å²) in [7, 11) is 0. The molecular weight excluding hydrogens is 420 g/mol. The van der Waals surface area contributed by atoms with Gasteiger partial charge in [0, 0.05) is 18.4 Å². The molecule has 3 aliphatic rings. The molecule has 2 fully saturated rings. The molecule has 7 nitrogen and oxygen atoms in total. The van der Waals surface area contributed by atoms with Crippen molar-refractivity contribution in [2.24, 2.45) is 5.92 Å². The lowest BCUT2D eigenvalue weighted by Gasteiger charge is -2.17. The van der Waals surface area contributed by atoms with Crippen LogP contribution in [0.5, 0.6) is 0 Å². The summed E-state index contributed by atoms with van der Waals surface area (Å²) in [4.78, 5) is 36.0. The number of hydrogen-bond acceptors (Lipinski definition) is 4. The standard InChI is InChI=1S/C26H28N2O5/c29-23(28-26(11-12-26)24(30)31)14-16-9-10-17(13-16)27-25(32)33-15-22-20-7-3-1-5-18(20)19-6-2-4-8-21(19)22/h1-8,16-17,22H,9-15H2,(H,27,32)(H,28,29)(H,30,31). The Morgan fingerprint density at radius 2 is 1.61 bits per heavy atom. The van der Waals surface area contributed by atoms with E-state index in [4.69, 9.17) is 4.74 Å². The Bertz CT molecular complexity index is 1050. The summed E-state index contributed by atoms with van der Waals surface area (Å²) < 4.78 is 5.62. The van der Waals surface area contributed by atoms with Crippen molar-refractivity contribution < 1.29 is 24.2 Å². The maximum Gasteiger partial charge on any atom is 0.407 e. The summed E-state index contributed by atoms with van der Waals surface area (Å²) in [5.74, 6) is -1.03. The Morgan fingerprint density at radius 1 is 0.970 bits per heavy atom. The van der Waals surface area contributed by atoms with E-state index < -0.39 is 17.6 Å². The van der Waals surface area contributed by atoms with Gasteiger partial charge in [0.15, 0.2) is 0 Å². The first-order valence-corrected chi connectivity index (χ1v) is 11.6. The van der Waals surface area contributed by atoms with Crippen LogP contribution in [0.2, 0.25) is 0 Å². The van der Waals surface area contributed by atoms with Crippen LogP contribution in [0.25, 0.3) is 11.1 Å². The minimum atomic E-state index is -1.05. The van der Waals surface area contributed by atoms with E-state index in [1.165, 1.54) is 22.3 Å². The van der Waals surface area contributed by atoms with Gasteiger partial charge in [0.05, 0.1) is 0 Å². The smallest absolute Gasteiger partial charge is 0.407 e. The van der Waals surface area contributed by atoms with Crippen molar-refractivity contribution in [1.29, 1.82) is 0 Å². The minimum Gasteiger partial charge on any atom is -0.480 e. The van der Waals surface area contributed by atoms with Crippen molar-refractivity contribution in [3.63, 3.8) is 0 Å². The number of hydrogen-bond donors (Lipinski definition) is 3. The summed E-state index contributed by atoms with van der Waals surface area (Å²) in [5, 5.41) is 14.8. The Morgan fingerprint density at radius 3 is 2.21 bits per heavy atom. The molecule has 0 radical (unpaired) electrons. The molecule has 0 saturated heterocycles. The molecule has 0 aromatic heterocycles. The second-order valence-corrected chi connectivity index (χ2v) is 9.49. The van der Waals surface area contributed by atoms with Crippen molar-refractivity contribution in [2.45, 2.75) is 56.0 Å². The Hall–Kier alpha value is -3.35. The van der Waals surface area contributed by atoms with Crippen LogP contribution < -0.4 is 10.6 Å². The van der Waals surface area contributed by atoms with Crippen LogP contribution in [0.3, 0.4) is 0 Å². The van der Waals surface area contributed by atoms with E-state index in [9.17, 15) is 19.5 Å². The van der Waals surface area contributed by atoms with Gasteiger partial charge in [-0.25, -0.2) is 9.59 Å². The van der Waals surface area contributed by atoms with Crippen LogP contribution in [0.4, 0.5) is 4.79 Å². The van der Waals surface area contributed by atoms with Gasteiger partial charge in [-0.2, -0.15) is 0 Å². The molecular formula is C26H28N2O5. The summed E-state index contributed by atoms with van der Waals surface area (Å²) in [6, 6.07) is 16.4. The normalized spacial score (nSPS) is 22.2. The average Bonchev–Trinajstić information content (AvgIpc) is 3.34. The average molecular weight is 449 g/mol. The second kappa shape index (κ2) is 8.54. The van der Waals surface area contributed by atoms with Crippen molar-refractivity contribution in [2.75, 3.05) is 6.61 Å². The van der Waals surface area contributed by atoms with Crippen molar-refractivity contribution in [1.82, 2.24) is 10.6 Å². The third kappa shape index (κ3) is 4.32. The van der Waals surface area contributed by atoms with Gasteiger partial charge in [0.25, 0.3) is 0 Å². The molecule has 7 heteroatoms. The highest BCUT2D eigenvalue weighted by molar-refractivity contribution is 5.89. The molecule has 0 aliphatic heterocycles. The van der Waals surface area contributed by atoms with Crippen LogP contribution in [-0.2, 0) is 14.3 Å². The lowest BCUT2D eigenvalue weighted by molar-refractivity contribution is -0.143. The van der Waals surface area contributed by atoms with E-state index in [0.29, 0.717) is 19.3 Å². The fourth-order valence-electron chi connectivity index (χ4n) is 5.30. The number of fused-ring (bicyclic) bond motifs is 3. The van der Waals surface area contributed by atoms with Gasteiger partial charge < -0.3 is 20.5 Å². The Labute approximate surface area is 192 Å². The lowest BCUT2D eigenvalue weighted by atomic mass is 9.98. The van der Waals surface area contributed by atoms with Gasteiger partial charge in [0.2, 0.25) is 5.91 Å².